The predicted octanol–water partition coefficient (Wildman–Crippen LogP) is 1.08. The van der Waals surface area contributed by atoms with Gasteiger partial charge in [0.15, 0.2) is 6.67 Å². The number of nitrogens with one attached hydrogen (secondary N) is 1. The Morgan fingerprint density at radius 2 is 1.96 bits per heavy atom. The average Bonchev–Trinajstić information content (AvgIpc) is 2.81. The van der Waals surface area contributed by atoms with Crippen molar-refractivity contribution in [3.63, 3.8) is 0 Å². The number of sulfonamides is 1. The Morgan fingerprint density at radius 3 is 2.54 bits per heavy atom. The maximum absolute atomic E-state index is 12.5. The smallest absolute Gasteiger partial charge is 0.246 e. The second kappa shape index (κ2) is 7.96. The van der Waals surface area contributed by atoms with Crippen LogP contribution in [0, 0.1) is 13.8 Å². The van der Waals surface area contributed by atoms with Crippen LogP contribution in [-0.2, 0) is 23.2 Å². The van der Waals surface area contributed by atoms with E-state index in [9.17, 15) is 8.42 Å². The lowest BCUT2D eigenvalue weighted by Crippen LogP contribution is -3.07. The molecule has 0 aliphatic rings. The van der Waals surface area contributed by atoms with E-state index in [-0.39, 0.29) is 4.90 Å². The van der Waals surface area contributed by atoms with Crippen LogP contribution in [0.15, 0.2) is 23.1 Å². The number of aromatic nitrogens is 2. The second-order valence-corrected chi connectivity index (χ2v) is 9.06. The van der Waals surface area contributed by atoms with Crippen LogP contribution in [0.25, 0.3) is 0 Å². The lowest BCUT2D eigenvalue weighted by atomic mass is 10.2. The zero-order valence-corrected chi connectivity index (χ0v) is 17.6. The first kappa shape index (κ1) is 20.7. The minimum atomic E-state index is -3.53. The lowest BCUT2D eigenvalue weighted by Gasteiger charge is -2.17. The van der Waals surface area contributed by atoms with Gasteiger partial charge in [-0.2, -0.15) is 5.10 Å². The van der Waals surface area contributed by atoms with Crippen LogP contribution in [0.3, 0.4) is 0 Å². The fraction of sp³-hybridized carbons (Fsp3) is 0.471. The highest BCUT2D eigenvalue weighted by Gasteiger charge is 2.27. The topological polar surface area (TPSA) is 68.9 Å². The standard InChI is InChI=1S/C17H25ClN4O3S/c1-12-17(26(23,24)20(3)4)13(2)22(19-12)11-21(5)10-14-9-15(18)7-8-16(14)25-6/h7-9H,10-11H2,1-6H3/p+1. The van der Waals surface area contributed by atoms with Gasteiger partial charge < -0.3 is 9.64 Å². The summed E-state index contributed by atoms with van der Waals surface area (Å²) in [6, 6.07) is 5.52. The molecular weight excluding hydrogens is 376 g/mol. The molecule has 9 heteroatoms. The Labute approximate surface area is 160 Å². The summed E-state index contributed by atoms with van der Waals surface area (Å²) >= 11 is 6.09. The molecule has 26 heavy (non-hydrogen) atoms. The largest absolute Gasteiger partial charge is 0.496 e. The summed E-state index contributed by atoms with van der Waals surface area (Å²) in [7, 11) is 3.16. The van der Waals surface area contributed by atoms with Crippen LogP contribution >= 0.6 is 11.6 Å². The summed E-state index contributed by atoms with van der Waals surface area (Å²) in [5.41, 5.74) is 2.12. The van der Waals surface area contributed by atoms with Gasteiger partial charge in [-0.3, -0.25) is 0 Å². The molecule has 2 rings (SSSR count). The third-order valence-electron chi connectivity index (χ3n) is 4.21. The molecule has 0 spiro atoms. The molecule has 1 aromatic carbocycles. The fourth-order valence-electron chi connectivity index (χ4n) is 2.91. The quantitative estimate of drug-likeness (QED) is 0.754. The van der Waals surface area contributed by atoms with E-state index < -0.39 is 10.0 Å². The summed E-state index contributed by atoms with van der Waals surface area (Å²) in [6.07, 6.45) is 0. The first-order valence-electron chi connectivity index (χ1n) is 8.18. The zero-order chi connectivity index (χ0) is 19.6. The van der Waals surface area contributed by atoms with E-state index in [1.165, 1.54) is 18.4 Å². The monoisotopic (exact) mass is 401 g/mol. The third kappa shape index (κ3) is 4.20. The molecule has 0 saturated heterocycles. The van der Waals surface area contributed by atoms with E-state index >= 15 is 0 Å². The highest BCUT2D eigenvalue weighted by Crippen LogP contribution is 2.23. The summed E-state index contributed by atoms with van der Waals surface area (Å²) < 4.78 is 33.4. The third-order valence-corrected chi connectivity index (χ3v) is 6.51. The molecule has 1 aromatic heterocycles. The number of methoxy groups -OCH3 is 1. The van der Waals surface area contributed by atoms with Crippen molar-refractivity contribution in [3.8, 4) is 5.75 Å². The first-order chi connectivity index (χ1) is 12.1. The van der Waals surface area contributed by atoms with E-state index in [2.05, 4.69) is 5.10 Å². The highest BCUT2D eigenvalue weighted by atomic mass is 35.5. The van der Waals surface area contributed by atoms with Gasteiger partial charge in [-0.05, 0) is 32.0 Å². The van der Waals surface area contributed by atoms with Gasteiger partial charge in [-0.15, -0.1) is 0 Å². The molecule has 144 valence electrons. The fourth-order valence-corrected chi connectivity index (χ4v) is 4.36. The Balaban J connectivity index is 2.26. The second-order valence-electron chi connectivity index (χ2n) is 6.54. The number of hydrogen-bond acceptors (Lipinski definition) is 4. The van der Waals surface area contributed by atoms with Crippen molar-refractivity contribution in [2.45, 2.75) is 32.0 Å². The maximum atomic E-state index is 12.5. The number of hydrogen-bond donors (Lipinski definition) is 1. The van der Waals surface area contributed by atoms with E-state index in [1.807, 2.05) is 19.2 Å². The maximum Gasteiger partial charge on any atom is 0.246 e. The summed E-state index contributed by atoms with van der Waals surface area (Å²) in [6.45, 7) is 4.68. The van der Waals surface area contributed by atoms with Gasteiger partial charge >= 0.3 is 0 Å². The number of nitrogens with zero attached hydrogens (tertiary/aromatic N) is 3. The number of quaternary nitrogens is 1. The van der Waals surface area contributed by atoms with E-state index in [0.29, 0.717) is 29.6 Å². The van der Waals surface area contributed by atoms with Crippen molar-refractivity contribution in [1.82, 2.24) is 14.1 Å². The summed E-state index contributed by atoms with van der Waals surface area (Å²) in [5.74, 6) is 0.776. The molecule has 0 fully saturated rings. The predicted molar refractivity (Wildman–Crippen MR) is 101 cm³/mol. The number of ether oxygens (including phenoxy) is 1. The van der Waals surface area contributed by atoms with Crippen LogP contribution in [0.5, 0.6) is 5.75 Å². The average molecular weight is 402 g/mol. The van der Waals surface area contributed by atoms with Gasteiger partial charge in [0.2, 0.25) is 10.0 Å². The summed E-state index contributed by atoms with van der Waals surface area (Å²) in [5, 5.41) is 5.09. The van der Waals surface area contributed by atoms with Gasteiger partial charge in [-0.25, -0.2) is 17.4 Å². The molecule has 7 nitrogen and oxygen atoms in total. The Bertz CT molecular complexity index is 894. The van der Waals surface area contributed by atoms with Crippen molar-refractivity contribution in [2.75, 3.05) is 28.3 Å². The van der Waals surface area contributed by atoms with Crippen molar-refractivity contribution < 1.29 is 18.1 Å². The van der Waals surface area contributed by atoms with Gasteiger partial charge in [-0.1, -0.05) is 11.6 Å². The molecule has 1 N–H and O–H groups in total. The number of rotatable bonds is 7. The molecular formula is C17H26ClN4O3S+. The highest BCUT2D eigenvalue weighted by molar-refractivity contribution is 7.89. The molecule has 1 unspecified atom stereocenters. The number of aryl methyl sites for hydroxylation is 1. The number of benzene rings is 1. The van der Waals surface area contributed by atoms with E-state index in [4.69, 9.17) is 16.3 Å². The Hall–Kier alpha value is -1.61. The SMILES string of the molecule is COc1ccc(Cl)cc1C[NH+](C)Cn1nc(C)c(S(=O)(=O)N(C)C)c1C. The van der Waals surface area contributed by atoms with Gasteiger partial charge in [0.25, 0.3) is 0 Å². The Morgan fingerprint density at radius 1 is 1.31 bits per heavy atom. The van der Waals surface area contributed by atoms with Crippen LogP contribution in [0.4, 0.5) is 0 Å². The minimum absolute atomic E-state index is 0.274. The molecule has 0 radical (unpaired) electrons. The molecule has 2 aromatic rings. The van der Waals surface area contributed by atoms with E-state index in [1.54, 1.807) is 31.7 Å². The molecule has 1 heterocycles. The molecule has 0 aliphatic heterocycles. The van der Waals surface area contributed by atoms with Gasteiger partial charge in [0, 0.05) is 24.7 Å². The van der Waals surface area contributed by atoms with Crippen molar-refractivity contribution in [1.29, 1.82) is 0 Å². The zero-order valence-electron chi connectivity index (χ0n) is 16.0. The van der Waals surface area contributed by atoms with Crippen LogP contribution in [0.2, 0.25) is 5.02 Å². The summed E-state index contributed by atoms with van der Waals surface area (Å²) in [4.78, 5) is 1.39. The van der Waals surface area contributed by atoms with Crippen molar-refractivity contribution >= 4 is 21.6 Å². The molecule has 0 amide bonds. The normalized spacial score (nSPS) is 13.2. The minimum Gasteiger partial charge on any atom is -0.496 e. The molecule has 0 bridgehead atoms. The Kier molecular flexibility index (Phi) is 6.33. The molecule has 0 saturated carbocycles. The first-order valence-corrected chi connectivity index (χ1v) is 10.00. The van der Waals surface area contributed by atoms with E-state index in [0.717, 1.165) is 16.2 Å². The number of halogens is 1. The van der Waals surface area contributed by atoms with Crippen LogP contribution < -0.4 is 9.64 Å². The van der Waals surface area contributed by atoms with Gasteiger partial charge in [0.05, 0.1) is 25.5 Å². The lowest BCUT2D eigenvalue weighted by molar-refractivity contribution is -0.917. The van der Waals surface area contributed by atoms with Crippen LogP contribution in [-0.4, -0.2) is 50.8 Å². The molecule has 0 aliphatic carbocycles. The molecule has 1 atom stereocenters. The van der Waals surface area contributed by atoms with Crippen LogP contribution in [0.1, 0.15) is 17.0 Å². The van der Waals surface area contributed by atoms with Crippen molar-refractivity contribution in [2.24, 2.45) is 0 Å². The van der Waals surface area contributed by atoms with Gasteiger partial charge in [0.1, 0.15) is 17.2 Å². The van der Waals surface area contributed by atoms with Crippen molar-refractivity contribution in [3.05, 3.63) is 40.2 Å².